The fourth-order valence-electron chi connectivity index (χ4n) is 5.79. The molecule has 3 saturated carbocycles. The van der Waals surface area contributed by atoms with Gasteiger partial charge >= 0.3 is 5.97 Å². The number of carboxylic acid groups (broad SMARTS) is 1. The molecule has 5 heteroatoms. The van der Waals surface area contributed by atoms with Gasteiger partial charge in [0.15, 0.2) is 0 Å². The van der Waals surface area contributed by atoms with Crippen LogP contribution in [0.4, 0.5) is 0 Å². The van der Waals surface area contributed by atoms with E-state index < -0.39 is 5.97 Å². The van der Waals surface area contributed by atoms with Crippen LogP contribution in [0.2, 0.25) is 0 Å². The predicted molar refractivity (Wildman–Crippen MR) is 94.9 cm³/mol. The zero-order chi connectivity index (χ0) is 17.4. The maximum atomic E-state index is 12.6. The summed E-state index contributed by atoms with van der Waals surface area (Å²) in [4.78, 5) is 23.7. The zero-order valence-electron chi connectivity index (χ0n) is 15.1. The summed E-state index contributed by atoms with van der Waals surface area (Å²) >= 11 is 0. The highest BCUT2D eigenvalue weighted by Crippen LogP contribution is 2.50. The van der Waals surface area contributed by atoms with E-state index in [1.54, 1.807) is 0 Å². The van der Waals surface area contributed by atoms with Gasteiger partial charge in [0.1, 0.15) is 0 Å². The highest BCUT2D eigenvalue weighted by molar-refractivity contribution is 5.81. The zero-order valence-corrected chi connectivity index (χ0v) is 15.1. The van der Waals surface area contributed by atoms with E-state index in [1.807, 2.05) is 0 Å². The normalized spacial score (nSPS) is 43.8. The van der Waals surface area contributed by atoms with Crippen LogP contribution in [0.5, 0.6) is 0 Å². The van der Waals surface area contributed by atoms with E-state index in [0.29, 0.717) is 17.9 Å². The van der Waals surface area contributed by atoms with E-state index in [4.69, 9.17) is 5.11 Å². The number of hydrogen-bond donors (Lipinski definition) is 3. The van der Waals surface area contributed by atoms with Crippen molar-refractivity contribution in [1.29, 1.82) is 0 Å². The smallest absolute Gasteiger partial charge is 0.306 e. The second-order valence-electron chi connectivity index (χ2n) is 8.99. The van der Waals surface area contributed by atoms with Gasteiger partial charge in [0.25, 0.3) is 0 Å². The molecule has 0 aromatic rings. The van der Waals surface area contributed by atoms with Crippen LogP contribution >= 0.6 is 0 Å². The quantitative estimate of drug-likeness (QED) is 0.729. The minimum Gasteiger partial charge on any atom is -0.481 e. The molecule has 25 heavy (non-hydrogen) atoms. The first kappa shape index (κ1) is 17.3. The number of amides is 1. The summed E-state index contributed by atoms with van der Waals surface area (Å²) in [6, 6.07) is 0.385. The van der Waals surface area contributed by atoms with Gasteiger partial charge in [-0.05, 0) is 94.5 Å². The number of piperidine rings is 1. The van der Waals surface area contributed by atoms with Crippen molar-refractivity contribution in [2.75, 3.05) is 13.1 Å². The molecule has 0 radical (unpaired) electrons. The largest absolute Gasteiger partial charge is 0.481 e. The van der Waals surface area contributed by atoms with Crippen LogP contribution in [0.15, 0.2) is 0 Å². The third-order valence-electron chi connectivity index (χ3n) is 7.49. The summed E-state index contributed by atoms with van der Waals surface area (Å²) < 4.78 is 0. The topological polar surface area (TPSA) is 78.4 Å². The first-order valence-corrected chi connectivity index (χ1v) is 10.4. The Morgan fingerprint density at radius 1 is 0.880 bits per heavy atom. The average molecular weight is 348 g/mol. The van der Waals surface area contributed by atoms with Crippen molar-refractivity contribution < 1.29 is 14.7 Å². The molecule has 5 atom stereocenters. The van der Waals surface area contributed by atoms with E-state index in [1.165, 1.54) is 19.3 Å². The number of rotatable bonds is 4. The molecule has 0 aromatic carbocycles. The van der Waals surface area contributed by atoms with Crippen molar-refractivity contribution in [1.82, 2.24) is 10.6 Å². The molecule has 1 amide bonds. The summed E-state index contributed by atoms with van der Waals surface area (Å²) in [5, 5.41) is 16.0. The van der Waals surface area contributed by atoms with Gasteiger partial charge in [0.2, 0.25) is 5.91 Å². The molecule has 3 unspecified atom stereocenters. The van der Waals surface area contributed by atoms with Gasteiger partial charge in [-0.2, -0.15) is 0 Å². The molecule has 4 aliphatic rings. The molecule has 140 valence electrons. The molecule has 1 saturated heterocycles. The lowest BCUT2D eigenvalue weighted by atomic mass is 9.73. The Balaban J connectivity index is 1.22. The van der Waals surface area contributed by atoms with Gasteiger partial charge in [-0.15, -0.1) is 0 Å². The molecule has 0 spiro atoms. The lowest BCUT2D eigenvalue weighted by Gasteiger charge is -2.39. The van der Waals surface area contributed by atoms with Gasteiger partial charge in [0, 0.05) is 12.0 Å². The van der Waals surface area contributed by atoms with E-state index in [2.05, 4.69) is 10.6 Å². The van der Waals surface area contributed by atoms with Crippen molar-refractivity contribution in [2.45, 2.75) is 63.8 Å². The first-order chi connectivity index (χ1) is 12.1. The maximum Gasteiger partial charge on any atom is 0.306 e. The van der Waals surface area contributed by atoms with Crippen molar-refractivity contribution in [3.8, 4) is 0 Å². The monoisotopic (exact) mass is 348 g/mol. The molecule has 1 heterocycles. The van der Waals surface area contributed by atoms with Crippen LogP contribution in [-0.2, 0) is 9.59 Å². The van der Waals surface area contributed by atoms with Crippen molar-refractivity contribution in [2.24, 2.45) is 35.5 Å². The van der Waals surface area contributed by atoms with Gasteiger partial charge in [-0.25, -0.2) is 0 Å². The Kier molecular flexibility index (Phi) is 5.03. The Morgan fingerprint density at radius 2 is 1.64 bits per heavy atom. The van der Waals surface area contributed by atoms with Crippen LogP contribution in [-0.4, -0.2) is 36.1 Å². The SMILES string of the molecule is O=C(O)C1CCC([C@@H]2C[C@H]2C(=O)NC2CCC3CNCCC3C2)CC1. The summed E-state index contributed by atoms with van der Waals surface area (Å²) in [6.07, 6.45) is 9.41. The van der Waals surface area contributed by atoms with Crippen LogP contribution < -0.4 is 10.6 Å². The van der Waals surface area contributed by atoms with E-state index in [9.17, 15) is 9.59 Å². The van der Waals surface area contributed by atoms with Crippen LogP contribution in [0.1, 0.15) is 57.8 Å². The Morgan fingerprint density at radius 3 is 2.40 bits per heavy atom. The van der Waals surface area contributed by atoms with E-state index in [0.717, 1.165) is 63.5 Å². The van der Waals surface area contributed by atoms with Gasteiger partial charge < -0.3 is 15.7 Å². The van der Waals surface area contributed by atoms with Crippen molar-refractivity contribution >= 4 is 11.9 Å². The molecule has 3 N–H and O–H groups in total. The van der Waals surface area contributed by atoms with Crippen LogP contribution in [0, 0.1) is 35.5 Å². The Bertz CT molecular complexity index is 515. The maximum absolute atomic E-state index is 12.6. The second kappa shape index (κ2) is 7.26. The first-order valence-electron chi connectivity index (χ1n) is 10.4. The number of nitrogens with one attached hydrogen (secondary N) is 2. The standard InChI is InChI=1S/C20H32N2O3/c23-19(22-16-6-5-15-11-21-8-7-14(15)9-16)18-10-17(18)12-1-3-13(4-2-12)20(24)25/h12-18,21H,1-11H2,(H,22,23)(H,24,25)/t12?,13?,14?,15?,16?,17-,18+/m0/s1. The summed E-state index contributed by atoms with van der Waals surface area (Å²) in [5.74, 6) is 2.40. The third-order valence-corrected chi connectivity index (χ3v) is 7.49. The second-order valence-corrected chi connectivity index (χ2v) is 8.99. The van der Waals surface area contributed by atoms with E-state index in [-0.39, 0.29) is 17.7 Å². The molecule has 5 nitrogen and oxygen atoms in total. The minimum atomic E-state index is -0.642. The summed E-state index contributed by atoms with van der Waals surface area (Å²) in [6.45, 7) is 2.29. The lowest BCUT2D eigenvalue weighted by molar-refractivity contribution is -0.143. The molecule has 4 fully saturated rings. The summed E-state index contributed by atoms with van der Waals surface area (Å²) in [7, 11) is 0. The number of hydrogen-bond acceptors (Lipinski definition) is 3. The predicted octanol–water partition coefficient (Wildman–Crippen LogP) is 2.41. The van der Waals surface area contributed by atoms with E-state index >= 15 is 0 Å². The van der Waals surface area contributed by atoms with Crippen LogP contribution in [0.3, 0.4) is 0 Å². The highest BCUT2D eigenvalue weighted by atomic mass is 16.4. The number of carboxylic acids is 1. The van der Waals surface area contributed by atoms with Crippen LogP contribution in [0.25, 0.3) is 0 Å². The fourth-order valence-corrected chi connectivity index (χ4v) is 5.79. The van der Waals surface area contributed by atoms with Crippen molar-refractivity contribution in [3.05, 3.63) is 0 Å². The number of aliphatic carboxylic acids is 1. The molecule has 0 aromatic heterocycles. The molecule has 4 rings (SSSR count). The average Bonchev–Trinajstić information content (AvgIpc) is 3.42. The Labute approximate surface area is 150 Å². The highest BCUT2D eigenvalue weighted by Gasteiger charge is 2.49. The minimum absolute atomic E-state index is 0.151. The number of fused-ring (bicyclic) bond motifs is 1. The Hall–Kier alpha value is -1.10. The molecular formula is C20H32N2O3. The molecule has 1 aliphatic heterocycles. The number of carbonyl (C=O) groups is 2. The number of carbonyl (C=O) groups excluding carboxylic acids is 1. The summed E-state index contributed by atoms with van der Waals surface area (Å²) in [5.41, 5.74) is 0. The molecule has 3 aliphatic carbocycles. The molecular weight excluding hydrogens is 316 g/mol. The third kappa shape index (κ3) is 3.86. The van der Waals surface area contributed by atoms with Gasteiger partial charge in [0.05, 0.1) is 5.92 Å². The fraction of sp³-hybridized carbons (Fsp3) is 0.900. The lowest BCUT2D eigenvalue weighted by Crippen LogP contribution is -2.46. The van der Waals surface area contributed by atoms with Crippen molar-refractivity contribution in [3.63, 3.8) is 0 Å². The van der Waals surface area contributed by atoms with Gasteiger partial charge in [-0.1, -0.05) is 0 Å². The van der Waals surface area contributed by atoms with Gasteiger partial charge in [-0.3, -0.25) is 9.59 Å². The molecule has 0 bridgehead atoms.